The number of rotatable bonds is 4. The Morgan fingerprint density at radius 2 is 1.82 bits per heavy atom. The molecule has 0 aromatic rings. The van der Waals surface area contributed by atoms with Crippen LogP contribution in [0.4, 0.5) is 0 Å². The molecule has 0 radical (unpaired) electrons. The molecular formula is C9H19NO. The maximum absolute atomic E-state index is 9.17. The van der Waals surface area contributed by atoms with Gasteiger partial charge in [-0.1, -0.05) is 13.8 Å². The van der Waals surface area contributed by atoms with Crippen molar-refractivity contribution in [3.8, 4) is 0 Å². The second kappa shape index (κ2) is 2.76. The Hall–Kier alpha value is -0.0800. The maximum Gasteiger partial charge on any atom is 0.0505 e. The van der Waals surface area contributed by atoms with Crippen molar-refractivity contribution in [2.24, 2.45) is 16.6 Å². The summed E-state index contributed by atoms with van der Waals surface area (Å²) in [6, 6.07) is 0. The van der Waals surface area contributed by atoms with E-state index in [-0.39, 0.29) is 12.0 Å². The van der Waals surface area contributed by atoms with Gasteiger partial charge in [0.15, 0.2) is 0 Å². The van der Waals surface area contributed by atoms with E-state index in [1.54, 1.807) is 0 Å². The average Bonchev–Trinajstić information content (AvgIpc) is 2.75. The molecule has 3 N–H and O–H groups in total. The van der Waals surface area contributed by atoms with E-state index in [2.05, 4.69) is 13.8 Å². The highest BCUT2D eigenvalue weighted by Crippen LogP contribution is 2.66. The zero-order valence-electron chi connectivity index (χ0n) is 7.56. The monoisotopic (exact) mass is 157 g/mol. The first-order valence-electron chi connectivity index (χ1n) is 4.51. The molecule has 2 heteroatoms. The van der Waals surface area contributed by atoms with Crippen LogP contribution in [0, 0.1) is 10.8 Å². The predicted molar refractivity (Wildman–Crippen MR) is 46.2 cm³/mol. The molecule has 1 aliphatic carbocycles. The van der Waals surface area contributed by atoms with Crippen molar-refractivity contribution < 1.29 is 5.11 Å². The Kier molecular flexibility index (Phi) is 2.26. The van der Waals surface area contributed by atoms with Gasteiger partial charge in [-0.05, 0) is 24.7 Å². The van der Waals surface area contributed by atoms with E-state index in [0.29, 0.717) is 12.0 Å². The van der Waals surface area contributed by atoms with Gasteiger partial charge in [0.2, 0.25) is 0 Å². The van der Waals surface area contributed by atoms with E-state index in [1.807, 2.05) is 0 Å². The van der Waals surface area contributed by atoms with Crippen LogP contribution >= 0.6 is 0 Å². The van der Waals surface area contributed by atoms with Crippen LogP contribution in [0.1, 0.15) is 33.1 Å². The highest BCUT2D eigenvalue weighted by Gasteiger charge is 2.63. The summed E-state index contributed by atoms with van der Waals surface area (Å²) in [6.07, 6.45) is 3.43. The summed E-state index contributed by atoms with van der Waals surface area (Å²) < 4.78 is 0. The van der Waals surface area contributed by atoms with Gasteiger partial charge in [0.1, 0.15) is 0 Å². The molecule has 66 valence electrons. The summed E-state index contributed by atoms with van der Waals surface area (Å²) >= 11 is 0. The topological polar surface area (TPSA) is 46.2 Å². The first-order chi connectivity index (χ1) is 5.20. The van der Waals surface area contributed by atoms with E-state index < -0.39 is 0 Å². The van der Waals surface area contributed by atoms with E-state index >= 15 is 0 Å². The van der Waals surface area contributed by atoms with Crippen LogP contribution in [0.3, 0.4) is 0 Å². The van der Waals surface area contributed by atoms with Gasteiger partial charge in [0.05, 0.1) is 6.61 Å². The Morgan fingerprint density at radius 3 is 1.91 bits per heavy atom. The first kappa shape index (κ1) is 9.01. The lowest BCUT2D eigenvalue weighted by atomic mass is 9.88. The molecule has 0 heterocycles. The highest BCUT2D eigenvalue weighted by atomic mass is 16.3. The molecule has 1 atom stereocenters. The minimum atomic E-state index is 0.0799. The van der Waals surface area contributed by atoms with Gasteiger partial charge < -0.3 is 10.8 Å². The first-order valence-corrected chi connectivity index (χ1v) is 4.51. The standard InChI is InChI=1S/C9H19NO/c1-3-8(4-2)5-9(8,6-10)7-11/h11H,3-7,10H2,1-2H3. The molecule has 0 bridgehead atoms. The summed E-state index contributed by atoms with van der Waals surface area (Å²) in [4.78, 5) is 0. The lowest BCUT2D eigenvalue weighted by Gasteiger charge is -2.20. The highest BCUT2D eigenvalue weighted by molar-refractivity contribution is 5.13. The second-order valence-electron chi connectivity index (χ2n) is 3.81. The molecule has 1 unspecified atom stereocenters. The minimum Gasteiger partial charge on any atom is -0.396 e. The number of aliphatic hydroxyl groups excluding tert-OH is 1. The van der Waals surface area contributed by atoms with Gasteiger partial charge in [-0.25, -0.2) is 0 Å². The molecule has 1 saturated carbocycles. The van der Waals surface area contributed by atoms with Crippen LogP contribution in [0.15, 0.2) is 0 Å². The summed E-state index contributed by atoms with van der Waals surface area (Å²) in [5.74, 6) is 0. The normalized spacial score (nSPS) is 33.8. The van der Waals surface area contributed by atoms with E-state index in [9.17, 15) is 5.11 Å². The maximum atomic E-state index is 9.17. The Labute approximate surface area is 68.8 Å². The molecule has 0 saturated heterocycles. The quantitative estimate of drug-likeness (QED) is 0.642. The van der Waals surface area contributed by atoms with Crippen LogP contribution in [-0.4, -0.2) is 18.3 Å². The molecule has 11 heavy (non-hydrogen) atoms. The molecule has 0 aliphatic heterocycles. The smallest absolute Gasteiger partial charge is 0.0505 e. The van der Waals surface area contributed by atoms with Gasteiger partial charge in [0, 0.05) is 12.0 Å². The fourth-order valence-electron chi connectivity index (χ4n) is 2.43. The lowest BCUT2D eigenvalue weighted by molar-refractivity contribution is 0.170. The summed E-state index contributed by atoms with van der Waals surface area (Å²) in [5, 5.41) is 9.17. The second-order valence-corrected chi connectivity index (χ2v) is 3.81. The molecule has 0 spiro atoms. The van der Waals surface area contributed by atoms with Crippen molar-refractivity contribution in [1.82, 2.24) is 0 Å². The van der Waals surface area contributed by atoms with Crippen molar-refractivity contribution in [2.45, 2.75) is 33.1 Å². The van der Waals surface area contributed by atoms with Crippen LogP contribution in [-0.2, 0) is 0 Å². The van der Waals surface area contributed by atoms with Gasteiger partial charge in [-0.2, -0.15) is 0 Å². The molecule has 2 nitrogen and oxygen atoms in total. The molecular weight excluding hydrogens is 138 g/mol. The average molecular weight is 157 g/mol. The fraction of sp³-hybridized carbons (Fsp3) is 1.00. The zero-order chi connectivity index (χ0) is 8.54. The molecule has 1 rings (SSSR count). The van der Waals surface area contributed by atoms with Crippen LogP contribution in [0.5, 0.6) is 0 Å². The van der Waals surface area contributed by atoms with Crippen molar-refractivity contribution >= 4 is 0 Å². The van der Waals surface area contributed by atoms with Gasteiger partial charge in [0.25, 0.3) is 0 Å². The summed E-state index contributed by atoms with van der Waals surface area (Å²) in [5.41, 5.74) is 6.10. The molecule has 0 amide bonds. The third-order valence-corrected chi connectivity index (χ3v) is 3.72. The van der Waals surface area contributed by atoms with E-state index in [1.165, 1.54) is 0 Å². The van der Waals surface area contributed by atoms with Gasteiger partial charge in [-0.3, -0.25) is 0 Å². The predicted octanol–water partition coefficient (Wildman–Crippen LogP) is 1.13. The van der Waals surface area contributed by atoms with Crippen LogP contribution in [0.2, 0.25) is 0 Å². The third kappa shape index (κ3) is 1.00. The zero-order valence-corrected chi connectivity index (χ0v) is 7.56. The van der Waals surface area contributed by atoms with E-state index in [0.717, 1.165) is 19.3 Å². The van der Waals surface area contributed by atoms with Gasteiger partial charge in [-0.15, -0.1) is 0 Å². The summed E-state index contributed by atoms with van der Waals surface area (Å²) in [6.45, 7) is 5.30. The van der Waals surface area contributed by atoms with Crippen molar-refractivity contribution in [1.29, 1.82) is 0 Å². The Morgan fingerprint density at radius 1 is 1.27 bits per heavy atom. The number of aliphatic hydroxyl groups is 1. The number of nitrogens with two attached hydrogens (primary N) is 1. The summed E-state index contributed by atoms with van der Waals surface area (Å²) in [7, 11) is 0. The van der Waals surface area contributed by atoms with Crippen molar-refractivity contribution in [3.63, 3.8) is 0 Å². The van der Waals surface area contributed by atoms with Crippen molar-refractivity contribution in [2.75, 3.05) is 13.2 Å². The minimum absolute atomic E-state index is 0.0799. The molecule has 0 aromatic carbocycles. The van der Waals surface area contributed by atoms with Crippen LogP contribution < -0.4 is 5.73 Å². The molecule has 1 fully saturated rings. The molecule has 1 aliphatic rings. The third-order valence-electron chi connectivity index (χ3n) is 3.72. The number of hydrogen-bond acceptors (Lipinski definition) is 2. The van der Waals surface area contributed by atoms with Crippen LogP contribution in [0.25, 0.3) is 0 Å². The van der Waals surface area contributed by atoms with Crippen molar-refractivity contribution in [3.05, 3.63) is 0 Å². The largest absolute Gasteiger partial charge is 0.396 e. The SMILES string of the molecule is CCC1(CC)CC1(CN)CO. The van der Waals surface area contributed by atoms with Gasteiger partial charge >= 0.3 is 0 Å². The Balaban J connectivity index is 2.65. The Bertz CT molecular complexity index is 120. The molecule has 0 aromatic heterocycles. The fourth-order valence-corrected chi connectivity index (χ4v) is 2.43. The number of hydrogen-bond donors (Lipinski definition) is 2. The lowest BCUT2D eigenvalue weighted by Crippen LogP contribution is -2.26. The van der Waals surface area contributed by atoms with E-state index in [4.69, 9.17) is 5.73 Å².